The highest BCUT2D eigenvalue weighted by Crippen LogP contribution is 2.32. The lowest BCUT2D eigenvalue weighted by atomic mass is 9.81. The Morgan fingerprint density at radius 1 is 1.35 bits per heavy atom. The van der Waals surface area contributed by atoms with Crippen LogP contribution in [0.2, 0.25) is 0 Å². The second kappa shape index (κ2) is 6.03. The van der Waals surface area contributed by atoms with Gasteiger partial charge in [-0.1, -0.05) is 12.1 Å². The van der Waals surface area contributed by atoms with Crippen LogP contribution >= 0.6 is 0 Å². The first-order chi connectivity index (χ1) is 9.47. The van der Waals surface area contributed by atoms with Crippen molar-refractivity contribution in [2.24, 2.45) is 5.92 Å². The van der Waals surface area contributed by atoms with Crippen LogP contribution in [-0.4, -0.2) is 24.5 Å². The Kier molecular flexibility index (Phi) is 4.37. The number of hydrogen-bond donors (Lipinski definition) is 1. The van der Waals surface area contributed by atoms with Crippen LogP contribution < -0.4 is 5.32 Å². The molecule has 1 heterocycles. The Morgan fingerprint density at radius 3 is 2.60 bits per heavy atom. The molecule has 1 aromatic carbocycles. The molecule has 1 N–H and O–H groups in total. The van der Waals surface area contributed by atoms with Gasteiger partial charge in [-0.05, 0) is 31.5 Å². The van der Waals surface area contributed by atoms with Gasteiger partial charge in [0.05, 0.1) is 12.0 Å². The Balaban J connectivity index is 2.22. The van der Waals surface area contributed by atoms with Gasteiger partial charge in [0, 0.05) is 18.9 Å². The van der Waals surface area contributed by atoms with Crippen LogP contribution in [0.4, 0.5) is 4.39 Å². The molecule has 1 fully saturated rings. The summed E-state index contributed by atoms with van der Waals surface area (Å²) in [6.45, 7) is 3.82. The van der Waals surface area contributed by atoms with E-state index in [9.17, 15) is 14.0 Å². The van der Waals surface area contributed by atoms with Gasteiger partial charge >= 0.3 is 5.97 Å². The van der Waals surface area contributed by atoms with Crippen molar-refractivity contribution in [3.05, 3.63) is 35.6 Å². The summed E-state index contributed by atoms with van der Waals surface area (Å²) >= 11 is 0. The maximum absolute atomic E-state index is 13.0. The number of rotatable bonds is 3. The number of carbonyl (C=O) groups excluding carboxylic acids is 2. The van der Waals surface area contributed by atoms with Crippen LogP contribution in [0.25, 0.3) is 0 Å². The van der Waals surface area contributed by atoms with Crippen molar-refractivity contribution in [3.8, 4) is 0 Å². The van der Waals surface area contributed by atoms with Gasteiger partial charge in [-0.3, -0.25) is 9.59 Å². The minimum atomic E-state index is -0.430. The molecule has 1 aromatic rings. The zero-order valence-electron chi connectivity index (χ0n) is 11.6. The van der Waals surface area contributed by atoms with Gasteiger partial charge in [0.15, 0.2) is 0 Å². The highest BCUT2D eigenvalue weighted by molar-refractivity contribution is 5.83. The van der Waals surface area contributed by atoms with Crippen molar-refractivity contribution < 1.29 is 18.7 Å². The molecule has 0 aliphatic carbocycles. The summed E-state index contributed by atoms with van der Waals surface area (Å²) in [6.07, 6.45) is 0.0118. The van der Waals surface area contributed by atoms with Gasteiger partial charge in [0.1, 0.15) is 5.82 Å². The zero-order valence-corrected chi connectivity index (χ0v) is 11.6. The summed E-state index contributed by atoms with van der Waals surface area (Å²) in [7, 11) is 0. The fraction of sp³-hybridized carbons (Fsp3) is 0.467. The molecule has 2 rings (SSSR count). The maximum atomic E-state index is 13.0. The molecule has 4 nitrogen and oxygen atoms in total. The average Bonchev–Trinajstić information content (AvgIpc) is 2.38. The van der Waals surface area contributed by atoms with Crippen LogP contribution in [0, 0.1) is 11.7 Å². The molecular weight excluding hydrogens is 261 g/mol. The molecule has 1 saturated heterocycles. The van der Waals surface area contributed by atoms with Crippen molar-refractivity contribution in [1.82, 2.24) is 5.32 Å². The van der Waals surface area contributed by atoms with Crippen molar-refractivity contribution in [3.63, 3.8) is 0 Å². The number of ether oxygens (including phenoxy) is 1. The number of esters is 1. The van der Waals surface area contributed by atoms with E-state index >= 15 is 0 Å². The summed E-state index contributed by atoms with van der Waals surface area (Å²) in [5.74, 6) is -1.46. The van der Waals surface area contributed by atoms with Gasteiger partial charge in [-0.25, -0.2) is 4.39 Å². The fourth-order valence-electron chi connectivity index (χ4n) is 2.41. The molecule has 2 atom stereocenters. The molecular formula is C15H18FNO3. The summed E-state index contributed by atoms with van der Waals surface area (Å²) < 4.78 is 18.2. The molecule has 1 aliphatic rings. The van der Waals surface area contributed by atoms with Crippen molar-refractivity contribution in [2.45, 2.75) is 32.3 Å². The second-order valence-corrected chi connectivity index (χ2v) is 5.26. The van der Waals surface area contributed by atoms with E-state index in [4.69, 9.17) is 4.74 Å². The monoisotopic (exact) mass is 279 g/mol. The normalized spacial score (nSPS) is 22.5. The Labute approximate surface area is 117 Å². The molecule has 1 amide bonds. The molecule has 20 heavy (non-hydrogen) atoms. The van der Waals surface area contributed by atoms with Gasteiger partial charge in [0.25, 0.3) is 0 Å². The molecule has 0 radical (unpaired) electrons. The number of halogens is 1. The lowest BCUT2D eigenvalue weighted by Gasteiger charge is -2.30. The molecule has 0 spiro atoms. The quantitative estimate of drug-likeness (QED) is 0.861. The predicted molar refractivity (Wildman–Crippen MR) is 71.5 cm³/mol. The number of carbonyl (C=O) groups is 2. The van der Waals surface area contributed by atoms with E-state index in [2.05, 4.69) is 5.32 Å². The largest absolute Gasteiger partial charge is 0.463 e. The third kappa shape index (κ3) is 3.35. The third-order valence-electron chi connectivity index (χ3n) is 3.36. The second-order valence-electron chi connectivity index (χ2n) is 5.26. The standard InChI is InChI=1S/C15H18FNO3/c1-9(2)20-15(19)13-8-17-14(18)7-12(13)10-3-5-11(16)6-4-10/h3-6,9,12-13H,7-8H2,1-2H3,(H,17,18). The third-order valence-corrected chi connectivity index (χ3v) is 3.36. The highest BCUT2D eigenvalue weighted by atomic mass is 19.1. The summed E-state index contributed by atoms with van der Waals surface area (Å²) in [6, 6.07) is 5.92. The minimum Gasteiger partial charge on any atom is -0.463 e. The first-order valence-corrected chi connectivity index (χ1v) is 6.70. The lowest BCUT2D eigenvalue weighted by Crippen LogP contribution is -2.44. The SMILES string of the molecule is CC(C)OC(=O)C1CNC(=O)CC1c1ccc(F)cc1. The number of amides is 1. The van der Waals surface area contributed by atoms with Crippen LogP contribution in [0.15, 0.2) is 24.3 Å². The van der Waals surface area contributed by atoms with E-state index in [-0.39, 0.29) is 42.7 Å². The first kappa shape index (κ1) is 14.5. The zero-order chi connectivity index (χ0) is 14.7. The summed E-state index contributed by atoms with van der Waals surface area (Å²) in [5.41, 5.74) is 0.784. The Morgan fingerprint density at radius 2 is 2.00 bits per heavy atom. The molecule has 2 unspecified atom stereocenters. The molecule has 0 saturated carbocycles. The van der Waals surface area contributed by atoms with E-state index in [0.29, 0.717) is 0 Å². The Hall–Kier alpha value is -1.91. The van der Waals surface area contributed by atoms with E-state index in [1.54, 1.807) is 26.0 Å². The predicted octanol–water partition coefficient (Wildman–Crippen LogP) is 2.00. The smallest absolute Gasteiger partial charge is 0.311 e. The van der Waals surface area contributed by atoms with Crippen LogP contribution in [0.5, 0.6) is 0 Å². The lowest BCUT2D eigenvalue weighted by molar-refractivity contribution is -0.154. The van der Waals surface area contributed by atoms with Gasteiger partial charge < -0.3 is 10.1 Å². The number of benzene rings is 1. The number of hydrogen-bond acceptors (Lipinski definition) is 3. The summed E-state index contributed by atoms with van der Waals surface area (Å²) in [4.78, 5) is 23.7. The molecule has 0 bridgehead atoms. The summed E-state index contributed by atoms with van der Waals surface area (Å²) in [5, 5.41) is 2.68. The molecule has 0 aromatic heterocycles. The van der Waals surface area contributed by atoms with Crippen molar-refractivity contribution >= 4 is 11.9 Å². The first-order valence-electron chi connectivity index (χ1n) is 6.70. The van der Waals surface area contributed by atoms with Gasteiger partial charge in [-0.15, -0.1) is 0 Å². The van der Waals surface area contributed by atoms with Crippen molar-refractivity contribution in [1.29, 1.82) is 0 Å². The molecule has 5 heteroatoms. The van der Waals surface area contributed by atoms with E-state index in [0.717, 1.165) is 5.56 Å². The van der Waals surface area contributed by atoms with Crippen molar-refractivity contribution in [2.75, 3.05) is 6.54 Å². The average molecular weight is 279 g/mol. The number of piperidine rings is 1. The maximum Gasteiger partial charge on any atom is 0.311 e. The number of nitrogens with one attached hydrogen (secondary N) is 1. The van der Waals surface area contributed by atoms with E-state index in [1.807, 2.05) is 0 Å². The highest BCUT2D eigenvalue weighted by Gasteiger charge is 2.36. The van der Waals surface area contributed by atoms with Crippen LogP contribution in [0.3, 0.4) is 0 Å². The topological polar surface area (TPSA) is 55.4 Å². The fourth-order valence-corrected chi connectivity index (χ4v) is 2.41. The van der Waals surface area contributed by atoms with Gasteiger partial charge in [0.2, 0.25) is 5.91 Å². The van der Waals surface area contributed by atoms with E-state index in [1.165, 1.54) is 12.1 Å². The van der Waals surface area contributed by atoms with E-state index < -0.39 is 5.92 Å². The van der Waals surface area contributed by atoms with Crippen LogP contribution in [-0.2, 0) is 14.3 Å². The molecule has 1 aliphatic heterocycles. The Bertz CT molecular complexity index is 498. The molecule has 108 valence electrons. The van der Waals surface area contributed by atoms with Gasteiger partial charge in [-0.2, -0.15) is 0 Å². The minimum absolute atomic E-state index is 0.104. The van der Waals surface area contributed by atoms with Crippen LogP contribution in [0.1, 0.15) is 31.7 Å².